The summed E-state index contributed by atoms with van der Waals surface area (Å²) in [4.78, 5) is 15.8. The van der Waals surface area contributed by atoms with Crippen LogP contribution in [0.2, 0.25) is 0 Å². The molecule has 0 heterocycles. The van der Waals surface area contributed by atoms with Gasteiger partial charge < -0.3 is 4.84 Å². The van der Waals surface area contributed by atoms with Crippen LogP contribution in [0.3, 0.4) is 0 Å². The Morgan fingerprint density at radius 3 is 2.06 bits per heavy atom. The molecule has 0 radical (unpaired) electrons. The van der Waals surface area contributed by atoms with Crippen molar-refractivity contribution in [2.75, 3.05) is 13.1 Å². The molecule has 0 bridgehead atoms. The summed E-state index contributed by atoms with van der Waals surface area (Å²) in [6, 6.07) is 0. The van der Waals surface area contributed by atoms with E-state index in [4.69, 9.17) is 4.84 Å². The molecule has 1 amide bonds. The Balaban J connectivity index is 4.17. The van der Waals surface area contributed by atoms with Gasteiger partial charge in [0.05, 0.1) is 0 Å². The fourth-order valence-corrected chi connectivity index (χ4v) is 1.22. The molecule has 7 heteroatoms. The van der Waals surface area contributed by atoms with Crippen molar-refractivity contribution in [3.05, 3.63) is 0 Å². The number of nitrogens with zero attached hydrogens (tertiary/aromatic N) is 2. The van der Waals surface area contributed by atoms with Crippen LogP contribution in [0.5, 0.6) is 0 Å². The van der Waals surface area contributed by atoms with Gasteiger partial charge in [-0.2, -0.15) is 8.42 Å². The number of rotatable bonds is 7. The third-order valence-corrected chi connectivity index (χ3v) is 2.18. The first-order chi connectivity index (χ1) is 7.60. The number of carbonyl (C=O) groups is 1. The zero-order valence-corrected chi connectivity index (χ0v) is 10.5. The van der Waals surface area contributed by atoms with E-state index < -0.39 is 16.6 Å². The van der Waals surface area contributed by atoms with Gasteiger partial charge >= 0.3 is 16.6 Å². The fraction of sp³-hybridized carbons (Fsp3) is 0.889. The Kier molecular flexibility index (Phi) is 8.74. The smallest absolute Gasteiger partial charge is 0.349 e. The minimum absolute atomic E-state index is 0.600. The summed E-state index contributed by atoms with van der Waals surface area (Å²) in [6.07, 6.45) is 2.64. The van der Waals surface area contributed by atoms with Crippen LogP contribution in [0.4, 0.5) is 4.79 Å². The minimum Gasteiger partial charge on any atom is -0.349 e. The first kappa shape index (κ1) is 15.0. The van der Waals surface area contributed by atoms with Crippen LogP contribution in [0.15, 0.2) is 4.36 Å². The van der Waals surface area contributed by atoms with Crippen LogP contribution in [-0.4, -0.2) is 32.7 Å². The van der Waals surface area contributed by atoms with Crippen molar-refractivity contribution in [2.24, 2.45) is 4.36 Å². The van der Waals surface area contributed by atoms with Gasteiger partial charge in [-0.15, -0.1) is 5.06 Å². The Bertz CT molecular complexity index is 310. The molecule has 0 fully saturated rings. The van der Waals surface area contributed by atoms with E-state index in [0.29, 0.717) is 13.1 Å². The molecule has 0 aromatic rings. The maximum atomic E-state index is 11.0. The molecule has 0 unspecified atom stereocenters. The average molecular weight is 250 g/mol. The van der Waals surface area contributed by atoms with Gasteiger partial charge in [0.1, 0.15) is 0 Å². The van der Waals surface area contributed by atoms with E-state index in [-0.39, 0.29) is 0 Å². The lowest BCUT2D eigenvalue weighted by molar-refractivity contribution is -0.0968. The van der Waals surface area contributed by atoms with E-state index in [1.54, 1.807) is 0 Å². The van der Waals surface area contributed by atoms with Crippen molar-refractivity contribution in [2.45, 2.75) is 39.5 Å². The number of hydroxylamine groups is 2. The Labute approximate surface area is 97.2 Å². The van der Waals surface area contributed by atoms with Crippen molar-refractivity contribution in [1.82, 2.24) is 5.06 Å². The SMILES string of the molecule is CCCCN(CCCC)OC(=O)N=S(=O)=O. The maximum absolute atomic E-state index is 11.0. The molecule has 0 spiro atoms. The highest BCUT2D eigenvalue weighted by molar-refractivity contribution is 7.62. The van der Waals surface area contributed by atoms with Gasteiger partial charge in [-0.1, -0.05) is 31.1 Å². The quantitative estimate of drug-likeness (QED) is 0.646. The Morgan fingerprint density at radius 2 is 1.69 bits per heavy atom. The predicted molar refractivity (Wildman–Crippen MR) is 59.2 cm³/mol. The van der Waals surface area contributed by atoms with Crippen molar-refractivity contribution in [3.8, 4) is 0 Å². The van der Waals surface area contributed by atoms with Crippen LogP contribution in [0.1, 0.15) is 39.5 Å². The van der Waals surface area contributed by atoms with Crippen LogP contribution in [0.25, 0.3) is 0 Å². The van der Waals surface area contributed by atoms with Gasteiger partial charge in [-0.05, 0) is 12.8 Å². The van der Waals surface area contributed by atoms with Crippen molar-refractivity contribution >= 4 is 16.6 Å². The van der Waals surface area contributed by atoms with E-state index in [9.17, 15) is 13.2 Å². The molecular formula is C9H18N2O4S. The Morgan fingerprint density at radius 1 is 1.19 bits per heavy atom. The third kappa shape index (κ3) is 8.37. The molecule has 0 aliphatic heterocycles. The lowest BCUT2D eigenvalue weighted by Gasteiger charge is -2.18. The second-order valence-corrected chi connectivity index (χ2v) is 3.92. The topological polar surface area (TPSA) is 76.0 Å². The second-order valence-electron chi connectivity index (χ2n) is 3.30. The summed E-state index contributed by atoms with van der Waals surface area (Å²) in [5.74, 6) is 0. The van der Waals surface area contributed by atoms with Crippen LogP contribution in [0, 0.1) is 0 Å². The molecular weight excluding hydrogens is 232 g/mol. The van der Waals surface area contributed by atoms with Gasteiger partial charge in [0.2, 0.25) is 0 Å². The van der Waals surface area contributed by atoms with Crippen molar-refractivity contribution in [1.29, 1.82) is 0 Å². The molecule has 16 heavy (non-hydrogen) atoms. The number of amides is 1. The summed E-state index contributed by atoms with van der Waals surface area (Å²) in [6.45, 7) is 5.25. The molecule has 0 N–H and O–H groups in total. The van der Waals surface area contributed by atoms with Gasteiger partial charge in [0.25, 0.3) is 0 Å². The molecule has 0 atom stereocenters. The Hall–Kier alpha value is -0.950. The van der Waals surface area contributed by atoms with E-state index in [0.717, 1.165) is 25.7 Å². The largest absolute Gasteiger partial charge is 0.467 e. The van der Waals surface area contributed by atoms with Crippen LogP contribution >= 0.6 is 0 Å². The monoisotopic (exact) mass is 250 g/mol. The highest BCUT2D eigenvalue weighted by Crippen LogP contribution is 2.01. The summed E-state index contributed by atoms with van der Waals surface area (Å²) in [7, 11) is -2.75. The van der Waals surface area contributed by atoms with E-state index >= 15 is 0 Å². The zero-order chi connectivity index (χ0) is 12.4. The van der Waals surface area contributed by atoms with Crippen LogP contribution < -0.4 is 0 Å². The second kappa shape index (κ2) is 9.29. The molecule has 6 nitrogen and oxygen atoms in total. The third-order valence-electron chi connectivity index (χ3n) is 1.88. The molecule has 0 rings (SSSR count). The predicted octanol–water partition coefficient (Wildman–Crippen LogP) is 2.00. The molecule has 0 aromatic carbocycles. The van der Waals surface area contributed by atoms with Crippen LogP contribution in [-0.2, 0) is 15.3 Å². The number of hydrogen-bond acceptors (Lipinski definition) is 5. The fourth-order valence-electron chi connectivity index (χ4n) is 1.06. The van der Waals surface area contributed by atoms with Gasteiger partial charge in [-0.3, -0.25) is 0 Å². The molecule has 0 aliphatic rings. The molecule has 0 saturated carbocycles. The number of unbranched alkanes of at least 4 members (excludes halogenated alkanes) is 2. The summed E-state index contributed by atoms with van der Waals surface area (Å²) < 4.78 is 23.0. The minimum atomic E-state index is -2.75. The van der Waals surface area contributed by atoms with E-state index in [1.807, 2.05) is 13.8 Å². The van der Waals surface area contributed by atoms with E-state index in [1.165, 1.54) is 5.06 Å². The lowest BCUT2D eigenvalue weighted by Crippen LogP contribution is -2.28. The zero-order valence-electron chi connectivity index (χ0n) is 9.68. The standard InChI is InChI=1S/C9H18N2O4S/c1-3-5-7-11(8-6-4-2)15-9(12)10-16(13)14/h3-8H2,1-2H3. The first-order valence-corrected chi connectivity index (χ1v) is 6.41. The maximum Gasteiger partial charge on any atom is 0.467 e. The van der Waals surface area contributed by atoms with Gasteiger partial charge in [0, 0.05) is 13.1 Å². The number of carbonyl (C=O) groups excluding carboxylic acids is 1. The summed E-state index contributed by atoms with van der Waals surface area (Å²) >= 11 is 0. The first-order valence-electron chi connectivity index (χ1n) is 5.38. The summed E-state index contributed by atoms with van der Waals surface area (Å²) in [5.41, 5.74) is 0. The van der Waals surface area contributed by atoms with Gasteiger partial charge in [-0.25, -0.2) is 4.79 Å². The van der Waals surface area contributed by atoms with Crippen molar-refractivity contribution in [3.63, 3.8) is 0 Å². The molecule has 0 aromatic heterocycles. The average Bonchev–Trinajstić information content (AvgIpc) is 2.20. The molecule has 0 saturated heterocycles. The lowest BCUT2D eigenvalue weighted by atomic mass is 10.3. The number of hydrogen-bond donors (Lipinski definition) is 0. The normalized spacial score (nSPS) is 10.2. The van der Waals surface area contributed by atoms with Gasteiger partial charge in [0.15, 0.2) is 0 Å². The molecule has 94 valence electrons. The highest BCUT2D eigenvalue weighted by Gasteiger charge is 2.10. The van der Waals surface area contributed by atoms with Crippen molar-refractivity contribution < 1.29 is 18.0 Å². The summed E-state index contributed by atoms with van der Waals surface area (Å²) in [5, 5.41) is 1.46. The molecule has 0 aliphatic carbocycles. The highest BCUT2D eigenvalue weighted by atomic mass is 32.2. The van der Waals surface area contributed by atoms with E-state index in [2.05, 4.69) is 4.36 Å².